The summed E-state index contributed by atoms with van der Waals surface area (Å²) in [5.74, 6) is -1.66. The van der Waals surface area contributed by atoms with Crippen LogP contribution in [0.5, 0.6) is 0 Å². The molecule has 1 atom stereocenters. The SMILES string of the molecule is CC(NC(=O)CCc1ccc(S(=O)(=O)N2CCOCC2)cc1)c1ccc(F)cc1F. The first-order valence-corrected chi connectivity index (χ1v) is 11.1. The van der Waals surface area contributed by atoms with Crippen molar-refractivity contribution >= 4 is 15.9 Å². The molecule has 1 unspecified atom stereocenters. The standard InChI is InChI=1S/C21H24F2N2O4S/c1-15(19-8-5-17(22)14-20(19)23)24-21(26)9-4-16-2-6-18(7-3-16)30(27,28)25-10-12-29-13-11-25/h2-3,5-8,14-15H,4,9-13H2,1H3,(H,24,26). The molecule has 2 aromatic carbocycles. The molecule has 0 aromatic heterocycles. The summed E-state index contributed by atoms with van der Waals surface area (Å²) in [6.45, 7) is 3.05. The molecule has 1 saturated heterocycles. The van der Waals surface area contributed by atoms with Gasteiger partial charge >= 0.3 is 0 Å². The van der Waals surface area contributed by atoms with Gasteiger partial charge in [-0.1, -0.05) is 18.2 Å². The number of nitrogens with one attached hydrogen (secondary N) is 1. The number of benzene rings is 2. The van der Waals surface area contributed by atoms with Gasteiger partial charge in [-0.05, 0) is 37.1 Å². The third-order valence-corrected chi connectivity index (χ3v) is 6.89. The van der Waals surface area contributed by atoms with Crippen molar-refractivity contribution in [3.63, 3.8) is 0 Å². The van der Waals surface area contributed by atoms with E-state index in [9.17, 15) is 22.0 Å². The van der Waals surface area contributed by atoms with Gasteiger partial charge in [-0.25, -0.2) is 17.2 Å². The van der Waals surface area contributed by atoms with Crippen LogP contribution < -0.4 is 5.32 Å². The highest BCUT2D eigenvalue weighted by molar-refractivity contribution is 7.89. The topological polar surface area (TPSA) is 75.7 Å². The first-order chi connectivity index (χ1) is 14.3. The van der Waals surface area contributed by atoms with Gasteiger partial charge in [-0.15, -0.1) is 0 Å². The lowest BCUT2D eigenvalue weighted by atomic mass is 10.1. The normalized spacial score (nSPS) is 16.2. The molecule has 3 rings (SSSR count). The number of amides is 1. The lowest BCUT2D eigenvalue weighted by molar-refractivity contribution is -0.121. The fourth-order valence-corrected chi connectivity index (χ4v) is 4.67. The van der Waals surface area contributed by atoms with Crippen molar-refractivity contribution in [3.05, 3.63) is 65.2 Å². The van der Waals surface area contributed by atoms with Gasteiger partial charge in [0, 0.05) is 31.1 Å². The van der Waals surface area contributed by atoms with E-state index in [1.54, 1.807) is 19.1 Å². The van der Waals surface area contributed by atoms with Crippen LogP contribution in [0.4, 0.5) is 8.78 Å². The van der Waals surface area contributed by atoms with Crippen LogP contribution in [0.15, 0.2) is 47.4 Å². The first kappa shape index (κ1) is 22.3. The Morgan fingerprint density at radius 2 is 1.80 bits per heavy atom. The fourth-order valence-electron chi connectivity index (χ4n) is 3.27. The van der Waals surface area contributed by atoms with E-state index in [2.05, 4.69) is 5.32 Å². The van der Waals surface area contributed by atoms with Gasteiger partial charge in [0.2, 0.25) is 15.9 Å². The van der Waals surface area contributed by atoms with Gasteiger partial charge in [0.05, 0.1) is 24.2 Å². The Hall–Kier alpha value is -2.36. The molecular weight excluding hydrogens is 414 g/mol. The maximum absolute atomic E-state index is 13.8. The van der Waals surface area contributed by atoms with Crippen LogP contribution in [0.3, 0.4) is 0 Å². The van der Waals surface area contributed by atoms with Gasteiger partial charge < -0.3 is 10.1 Å². The van der Waals surface area contributed by atoms with Crippen LogP contribution >= 0.6 is 0 Å². The van der Waals surface area contributed by atoms with Gasteiger partial charge in [0.15, 0.2) is 0 Å². The highest BCUT2D eigenvalue weighted by Crippen LogP contribution is 2.20. The van der Waals surface area contributed by atoms with E-state index in [0.29, 0.717) is 32.7 Å². The molecule has 1 N–H and O–H groups in total. The maximum atomic E-state index is 13.8. The van der Waals surface area contributed by atoms with Crippen LogP contribution in [0.2, 0.25) is 0 Å². The summed E-state index contributed by atoms with van der Waals surface area (Å²) < 4.78 is 58.7. The van der Waals surface area contributed by atoms with Gasteiger partial charge in [-0.2, -0.15) is 4.31 Å². The fraction of sp³-hybridized carbons (Fsp3) is 0.381. The highest BCUT2D eigenvalue weighted by atomic mass is 32.2. The van der Waals surface area contributed by atoms with Gasteiger partial charge in [-0.3, -0.25) is 4.79 Å². The molecule has 0 radical (unpaired) electrons. The molecule has 0 spiro atoms. The molecule has 1 aliphatic rings. The number of aryl methyl sites for hydroxylation is 1. The van der Waals surface area contributed by atoms with Crippen LogP contribution in [-0.2, 0) is 26.0 Å². The summed E-state index contributed by atoms with van der Waals surface area (Å²) >= 11 is 0. The van der Waals surface area contributed by atoms with Crippen molar-refractivity contribution in [2.24, 2.45) is 0 Å². The minimum Gasteiger partial charge on any atom is -0.379 e. The lowest BCUT2D eigenvalue weighted by Crippen LogP contribution is -2.40. The summed E-state index contributed by atoms with van der Waals surface area (Å²) in [6.07, 6.45) is 0.561. The summed E-state index contributed by atoms with van der Waals surface area (Å²) in [4.78, 5) is 12.4. The molecule has 162 valence electrons. The van der Waals surface area contributed by atoms with Crippen molar-refractivity contribution < 1.29 is 26.7 Å². The van der Waals surface area contributed by atoms with E-state index < -0.39 is 27.7 Å². The Morgan fingerprint density at radius 1 is 1.13 bits per heavy atom. The number of hydrogen-bond acceptors (Lipinski definition) is 4. The summed E-state index contributed by atoms with van der Waals surface area (Å²) in [6, 6.07) is 9.08. The monoisotopic (exact) mass is 438 g/mol. The number of hydrogen-bond donors (Lipinski definition) is 1. The third-order valence-electron chi connectivity index (χ3n) is 4.98. The van der Waals surface area contributed by atoms with Crippen LogP contribution in [0.1, 0.15) is 30.5 Å². The van der Waals surface area contributed by atoms with E-state index in [-0.39, 0.29) is 22.8 Å². The van der Waals surface area contributed by atoms with Gasteiger partial charge in [0.1, 0.15) is 11.6 Å². The number of sulfonamides is 1. The van der Waals surface area contributed by atoms with E-state index in [0.717, 1.165) is 17.7 Å². The minimum absolute atomic E-state index is 0.155. The van der Waals surface area contributed by atoms with Crippen LogP contribution in [0.25, 0.3) is 0 Å². The Kier molecular flexibility index (Phi) is 7.17. The summed E-state index contributed by atoms with van der Waals surface area (Å²) in [5, 5.41) is 2.69. The van der Waals surface area contributed by atoms with E-state index in [1.807, 2.05) is 0 Å². The molecule has 1 fully saturated rings. The summed E-state index contributed by atoms with van der Waals surface area (Å²) in [7, 11) is -3.55. The molecule has 0 saturated carbocycles. The molecule has 0 bridgehead atoms. The molecule has 0 aliphatic carbocycles. The lowest BCUT2D eigenvalue weighted by Gasteiger charge is -2.26. The van der Waals surface area contributed by atoms with E-state index in [1.165, 1.54) is 22.5 Å². The Bertz CT molecular complexity index is 991. The number of rotatable bonds is 7. The quantitative estimate of drug-likeness (QED) is 0.721. The molecule has 30 heavy (non-hydrogen) atoms. The second-order valence-electron chi connectivity index (χ2n) is 7.12. The highest BCUT2D eigenvalue weighted by Gasteiger charge is 2.26. The second-order valence-corrected chi connectivity index (χ2v) is 9.05. The predicted molar refractivity (Wildman–Crippen MR) is 107 cm³/mol. The number of morpholine rings is 1. The molecule has 1 aliphatic heterocycles. The van der Waals surface area contributed by atoms with Crippen molar-refractivity contribution in [3.8, 4) is 0 Å². The van der Waals surface area contributed by atoms with Crippen molar-refractivity contribution in [1.29, 1.82) is 0 Å². The zero-order valence-corrected chi connectivity index (χ0v) is 17.4. The Labute approximate surface area is 174 Å². The third kappa shape index (κ3) is 5.41. The number of ether oxygens (including phenoxy) is 1. The average Bonchev–Trinajstić information content (AvgIpc) is 2.73. The van der Waals surface area contributed by atoms with Crippen molar-refractivity contribution in [2.45, 2.75) is 30.7 Å². The summed E-state index contributed by atoms with van der Waals surface area (Å²) in [5.41, 5.74) is 1.02. The Balaban J connectivity index is 1.55. The minimum atomic E-state index is -3.55. The molecular formula is C21H24F2N2O4S. The molecule has 1 heterocycles. The zero-order chi connectivity index (χ0) is 21.7. The smallest absolute Gasteiger partial charge is 0.243 e. The first-order valence-electron chi connectivity index (χ1n) is 9.68. The predicted octanol–water partition coefficient (Wildman–Crippen LogP) is 2.80. The number of carbonyl (C=O) groups excluding carboxylic acids is 1. The largest absolute Gasteiger partial charge is 0.379 e. The van der Waals surface area contributed by atoms with Crippen LogP contribution in [0, 0.1) is 11.6 Å². The zero-order valence-electron chi connectivity index (χ0n) is 16.6. The van der Waals surface area contributed by atoms with Crippen molar-refractivity contribution in [1.82, 2.24) is 9.62 Å². The van der Waals surface area contributed by atoms with E-state index >= 15 is 0 Å². The number of nitrogens with zero attached hydrogens (tertiary/aromatic N) is 1. The van der Waals surface area contributed by atoms with Crippen LogP contribution in [-0.4, -0.2) is 44.9 Å². The van der Waals surface area contributed by atoms with Crippen molar-refractivity contribution in [2.75, 3.05) is 26.3 Å². The molecule has 9 heteroatoms. The Morgan fingerprint density at radius 3 is 2.43 bits per heavy atom. The number of halogens is 2. The molecule has 2 aromatic rings. The van der Waals surface area contributed by atoms with Gasteiger partial charge in [0.25, 0.3) is 0 Å². The number of carbonyl (C=O) groups is 1. The molecule has 6 nitrogen and oxygen atoms in total. The van der Waals surface area contributed by atoms with E-state index in [4.69, 9.17) is 4.74 Å². The average molecular weight is 438 g/mol. The molecule has 1 amide bonds. The second kappa shape index (κ2) is 9.63. The maximum Gasteiger partial charge on any atom is 0.243 e.